The lowest BCUT2D eigenvalue weighted by Gasteiger charge is -2.22. The van der Waals surface area contributed by atoms with E-state index in [-0.39, 0.29) is 0 Å². The molecule has 0 radical (unpaired) electrons. The zero-order valence-electron chi connectivity index (χ0n) is 14.8. The third-order valence-electron chi connectivity index (χ3n) is 3.90. The summed E-state index contributed by atoms with van der Waals surface area (Å²) in [7, 11) is 2.17. The van der Waals surface area contributed by atoms with Crippen molar-refractivity contribution < 1.29 is 19.8 Å². The highest BCUT2D eigenvalue weighted by molar-refractivity contribution is 7.99. The predicted octanol–water partition coefficient (Wildman–Crippen LogP) is 2.94. The van der Waals surface area contributed by atoms with Gasteiger partial charge in [-0.2, -0.15) is 8.75 Å². The highest BCUT2D eigenvalue weighted by Gasteiger charge is 2.18. The van der Waals surface area contributed by atoms with E-state index in [4.69, 9.17) is 19.8 Å². The molecule has 0 saturated carbocycles. The summed E-state index contributed by atoms with van der Waals surface area (Å²) in [5.41, 5.74) is 2.49. The lowest BCUT2D eigenvalue weighted by molar-refractivity contribution is -0.159. The van der Waals surface area contributed by atoms with E-state index in [1.54, 1.807) is 0 Å². The van der Waals surface area contributed by atoms with Crippen molar-refractivity contribution in [2.24, 2.45) is 5.92 Å². The molecule has 2 N–H and O–H groups in total. The van der Waals surface area contributed by atoms with E-state index in [1.165, 1.54) is 30.1 Å². The topological polar surface area (TPSA) is 104 Å². The second kappa shape index (κ2) is 11.2. The molecule has 0 unspecified atom stereocenters. The smallest absolute Gasteiger partial charge is 0.414 e. The molecule has 0 aliphatic carbocycles. The first-order chi connectivity index (χ1) is 11.9. The van der Waals surface area contributed by atoms with Gasteiger partial charge in [0.25, 0.3) is 0 Å². The number of carboxylic acids is 2. The van der Waals surface area contributed by atoms with Gasteiger partial charge in [0, 0.05) is 18.8 Å². The van der Waals surface area contributed by atoms with Gasteiger partial charge in [-0.3, -0.25) is 0 Å². The number of carboxylic acid groups (broad SMARTS) is 2. The Balaban J connectivity index is 0.000000450. The SMILES string of the molecule is CCC(CC)CSc1nsnc1C1=CCCN(C)C1.O=C(O)C(=O)O. The number of nitrogens with zero attached hydrogens (tertiary/aromatic N) is 3. The molecular weight excluding hydrogens is 362 g/mol. The van der Waals surface area contributed by atoms with Gasteiger partial charge < -0.3 is 15.1 Å². The van der Waals surface area contributed by atoms with Crippen molar-refractivity contribution in [2.45, 2.75) is 38.1 Å². The van der Waals surface area contributed by atoms with Crippen LogP contribution in [0.25, 0.3) is 5.57 Å². The fourth-order valence-corrected chi connectivity index (χ4v) is 4.29. The summed E-state index contributed by atoms with van der Waals surface area (Å²) in [6.07, 6.45) is 5.96. The van der Waals surface area contributed by atoms with Crippen molar-refractivity contribution in [2.75, 3.05) is 25.9 Å². The van der Waals surface area contributed by atoms with Crippen LogP contribution in [-0.2, 0) is 9.59 Å². The minimum atomic E-state index is -1.82. The van der Waals surface area contributed by atoms with Crippen molar-refractivity contribution in [1.29, 1.82) is 0 Å². The summed E-state index contributed by atoms with van der Waals surface area (Å²) in [5, 5.41) is 15.9. The van der Waals surface area contributed by atoms with Crippen LogP contribution in [-0.4, -0.2) is 61.7 Å². The van der Waals surface area contributed by atoms with Crippen LogP contribution < -0.4 is 0 Å². The Labute approximate surface area is 156 Å². The molecule has 0 aromatic carbocycles. The van der Waals surface area contributed by atoms with Crippen molar-refractivity contribution >= 4 is 41.0 Å². The number of thioether (sulfide) groups is 1. The van der Waals surface area contributed by atoms with Crippen LogP contribution in [0.2, 0.25) is 0 Å². The van der Waals surface area contributed by atoms with Crippen molar-refractivity contribution in [1.82, 2.24) is 13.6 Å². The molecule has 0 amide bonds. The highest BCUT2D eigenvalue weighted by Crippen LogP contribution is 2.30. The first-order valence-electron chi connectivity index (χ1n) is 8.18. The summed E-state index contributed by atoms with van der Waals surface area (Å²) in [6.45, 7) is 6.70. The number of hydrogen-bond acceptors (Lipinski definition) is 7. The van der Waals surface area contributed by atoms with Crippen molar-refractivity contribution in [3.63, 3.8) is 0 Å². The highest BCUT2D eigenvalue weighted by atomic mass is 32.2. The molecule has 1 aromatic heterocycles. The van der Waals surface area contributed by atoms with E-state index in [2.05, 4.69) is 40.6 Å². The minimum absolute atomic E-state index is 0.794. The van der Waals surface area contributed by atoms with E-state index < -0.39 is 11.9 Å². The van der Waals surface area contributed by atoms with Crippen LogP contribution in [0.3, 0.4) is 0 Å². The normalized spacial score (nSPS) is 14.6. The van der Waals surface area contributed by atoms with Crippen LogP contribution in [0.15, 0.2) is 11.1 Å². The number of rotatable bonds is 6. The lowest BCUT2D eigenvalue weighted by Crippen LogP contribution is -2.25. The number of carbonyl (C=O) groups is 2. The van der Waals surface area contributed by atoms with Crippen LogP contribution in [0.1, 0.15) is 38.8 Å². The summed E-state index contributed by atoms with van der Waals surface area (Å²) in [6, 6.07) is 0. The fraction of sp³-hybridized carbons (Fsp3) is 0.625. The second-order valence-electron chi connectivity index (χ2n) is 5.78. The summed E-state index contributed by atoms with van der Waals surface area (Å²) >= 11 is 3.23. The van der Waals surface area contributed by atoms with Crippen LogP contribution >= 0.6 is 23.5 Å². The minimum Gasteiger partial charge on any atom is -0.473 e. The molecular formula is C16H25N3O4S2. The van der Waals surface area contributed by atoms with Crippen molar-refractivity contribution in [3.05, 3.63) is 11.8 Å². The van der Waals surface area contributed by atoms with Crippen molar-refractivity contribution in [3.8, 4) is 0 Å². The first kappa shape index (κ1) is 21.6. The average molecular weight is 388 g/mol. The number of aliphatic carboxylic acids is 2. The molecule has 0 saturated heterocycles. The molecule has 1 aliphatic heterocycles. The Bertz CT molecular complexity index is 588. The maximum absolute atomic E-state index is 9.10. The lowest BCUT2D eigenvalue weighted by atomic mass is 10.1. The molecule has 140 valence electrons. The zero-order chi connectivity index (χ0) is 18.8. The third-order valence-corrected chi connectivity index (χ3v) is 5.74. The van der Waals surface area contributed by atoms with Crippen LogP contribution in [0.5, 0.6) is 0 Å². The van der Waals surface area contributed by atoms with Gasteiger partial charge in [-0.1, -0.05) is 32.8 Å². The molecule has 0 bridgehead atoms. The summed E-state index contributed by atoms with van der Waals surface area (Å²) < 4.78 is 9.01. The largest absolute Gasteiger partial charge is 0.473 e. The fourth-order valence-electron chi connectivity index (χ4n) is 2.26. The monoisotopic (exact) mass is 387 g/mol. The van der Waals surface area contributed by atoms with Gasteiger partial charge in [-0.15, -0.1) is 11.8 Å². The number of likely N-dealkylation sites (N-methyl/N-ethyl adjacent to an activating group) is 1. The van der Waals surface area contributed by atoms with Gasteiger partial charge in [0.05, 0.1) is 11.7 Å². The van der Waals surface area contributed by atoms with Gasteiger partial charge in [0.1, 0.15) is 10.7 Å². The Kier molecular flexibility index (Phi) is 9.69. The number of aromatic nitrogens is 2. The molecule has 7 nitrogen and oxygen atoms in total. The Morgan fingerprint density at radius 2 is 1.92 bits per heavy atom. The molecule has 9 heteroatoms. The maximum atomic E-state index is 9.10. The quantitative estimate of drug-likeness (QED) is 0.567. The molecule has 0 spiro atoms. The molecule has 1 aliphatic rings. The molecule has 2 rings (SSSR count). The van der Waals surface area contributed by atoms with Gasteiger partial charge in [-0.05, 0) is 25.0 Å². The standard InChI is InChI=1S/C14H23N3S2.C2H2O4/c1-4-11(5-2)10-18-14-13(15-19-16-14)12-7-6-8-17(3)9-12;3-1(4)2(5)6/h7,11H,4-6,8-10H2,1-3H3;(H,3,4)(H,5,6). The summed E-state index contributed by atoms with van der Waals surface area (Å²) in [4.78, 5) is 20.6. The Morgan fingerprint density at radius 3 is 2.44 bits per heavy atom. The van der Waals surface area contributed by atoms with Crippen LogP contribution in [0.4, 0.5) is 0 Å². The molecule has 2 heterocycles. The Hall–Kier alpha value is -1.45. The van der Waals surface area contributed by atoms with Crippen LogP contribution in [0, 0.1) is 5.92 Å². The maximum Gasteiger partial charge on any atom is 0.414 e. The summed E-state index contributed by atoms with van der Waals surface area (Å²) in [5.74, 6) is -1.69. The molecule has 25 heavy (non-hydrogen) atoms. The van der Waals surface area contributed by atoms with Gasteiger partial charge in [-0.25, -0.2) is 9.59 Å². The number of hydrogen-bond donors (Lipinski definition) is 2. The molecule has 0 atom stereocenters. The third kappa shape index (κ3) is 7.54. The van der Waals surface area contributed by atoms with Gasteiger partial charge >= 0.3 is 11.9 Å². The van der Waals surface area contributed by atoms with Gasteiger partial charge in [0.15, 0.2) is 0 Å². The van der Waals surface area contributed by atoms with E-state index in [1.807, 2.05) is 11.8 Å². The van der Waals surface area contributed by atoms with E-state index in [0.717, 1.165) is 41.9 Å². The molecule has 1 aromatic rings. The van der Waals surface area contributed by atoms with E-state index >= 15 is 0 Å². The zero-order valence-corrected chi connectivity index (χ0v) is 16.4. The Morgan fingerprint density at radius 1 is 1.28 bits per heavy atom. The second-order valence-corrected chi connectivity index (χ2v) is 7.31. The van der Waals surface area contributed by atoms with Gasteiger partial charge in [0.2, 0.25) is 0 Å². The average Bonchev–Trinajstić information content (AvgIpc) is 3.05. The first-order valence-corrected chi connectivity index (χ1v) is 9.90. The van der Waals surface area contributed by atoms with E-state index in [9.17, 15) is 0 Å². The van der Waals surface area contributed by atoms with E-state index in [0.29, 0.717) is 0 Å². The molecule has 0 fully saturated rings. The predicted molar refractivity (Wildman–Crippen MR) is 100 cm³/mol.